The Bertz CT molecular complexity index is 565. The lowest BCUT2D eigenvalue weighted by Gasteiger charge is -2.15. The first-order valence-corrected chi connectivity index (χ1v) is 6.01. The van der Waals surface area contributed by atoms with Crippen molar-refractivity contribution in [2.75, 3.05) is 6.61 Å². The molecule has 0 radical (unpaired) electrons. The zero-order chi connectivity index (χ0) is 12.5. The molecule has 1 unspecified atom stereocenters. The fourth-order valence-corrected chi connectivity index (χ4v) is 2.34. The molecule has 1 atom stereocenters. The third-order valence-electron chi connectivity index (χ3n) is 3.31. The third kappa shape index (κ3) is 1.87. The summed E-state index contributed by atoms with van der Waals surface area (Å²) in [7, 11) is 0. The largest absolute Gasteiger partial charge is 0.493 e. The molecule has 2 aromatic rings. The van der Waals surface area contributed by atoms with Crippen LogP contribution < -0.4 is 10.5 Å². The summed E-state index contributed by atoms with van der Waals surface area (Å²) in [6.07, 6.45) is 0.930. The van der Waals surface area contributed by atoms with Crippen molar-refractivity contribution in [3.8, 4) is 5.75 Å². The topological polar surface area (TPSA) is 35.2 Å². The Morgan fingerprint density at radius 2 is 1.89 bits per heavy atom. The van der Waals surface area contributed by atoms with Crippen LogP contribution >= 0.6 is 0 Å². The normalized spacial score (nSPS) is 15.0. The van der Waals surface area contributed by atoms with E-state index in [1.165, 1.54) is 17.7 Å². The van der Waals surface area contributed by atoms with E-state index >= 15 is 0 Å². The number of nitrogens with two attached hydrogens (primary N) is 1. The molecule has 0 spiro atoms. The van der Waals surface area contributed by atoms with Crippen molar-refractivity contribution in [2.45, 2.75) is 12.5 Å². The Balaban J connectivity index is 2.00. The van der Waals surface area contributed by atoms with E-state index in [4.69, 9.17) is 10.5 Å². The van der Waals surface area contributed by atoms with Crippen molar-refractivity contribution in [3.05, 3.63) is 65.0 Å². The van der Waals surface area contributed by atoms with Gasteiger partial charge in [0.2, 0.25) is 0 Å². The van der Waals surface area contributed by atoms with Crippen molar-refractivity contribution in [3.63, 3.8) is 0 Å². The van der Waals surface area contributed by atoms with Gasteiger partial charge in [-0.25, -0.2) is 4.39 Å². The Labute approximate surface area is 105 Å². The van der Waals surface area contributed by atoms with Crippen LogP contribution in [0.25, 0.3) is 0 Å². The smallest absolute Gasteiger partial charge is 0.127 e. The molecule has 0 aromatic heterocycles. The van der Waals surface area contributed by atoms with Crippen LogP contribution in [0.1, 0.15) is 22.7 Å². The number of hydrogen-bond acceptors (Lipinski definition) is 2. The van der Waals surface area contributed by atoms with E-state index in [2.05, 4.69) is 6.07 Å². The summed E-state index contributed by atoms with van der Waals surface area (Å²) in [6.45, 7) is 0.711. The summed E-state index contributed by atoms with van der Waals surface area (Å²) >= 11 is 0. The molecular weight excluding hydrogens is 229 g/mol. The maximum absolute atomic E-state index is 12.9. The van der Waals surface area contributed by atoms with E-state index in [1.54, 1.807) is 12.1 Å². The summed E-state index contributed by atoms with van der Waals surface area (Å²) in [5, 5.41) is 0. The van der Waals surface area contributed by atoms with Gasteiger partial charge in [-0.05, 0) is 23.3 Å². The molecule has 3 heteroatoms. The highest BCUT2D eigenvalue weighted by Gasteiger charge is 2.20. The van der Waals surface area contributed by atoms with E-state index in [1.807, 2.05) is 12.1 Å². The summed E-state index contributed by atoms with van der Waals surface area (Å²) in [6, 6.07) is 12.0. The van der Waals surface area contributed by atoms with Gasteiger partial charge in [0.05, 0.1) is 12.6 Å². The molecule has 2 nitrogen and oxygen atoms in total. The van der Waals surface area contributed by atoms with Crippen molar-refractivity contribution in [1.29, 1.82) is 0 Å². The molecule has 92 valence electrons. The molecule has 0 saturated carbocycles. The van der Waals surface area contributed by atoms with Crippen LogP contribution in [0.15, 0.2) is 42.5 Å². The second-order valence-electron chi connectivity index (χ2n) is 4.46. The molecule has 2 N–H and O–H groups in total. The summed E-state index contributed by atoms with van der Waals surface area (Å²) in [4.78, 5) is 0. The van der Waals surface area contributed by atoms with Gasteiger partial charge >= 0.3 is 0 Å². The van der Waals surface area contributed by atoms with Gasteiger partial charge in [-0.3, -0.25) is 0 Å². The number of hydrogen-bond donors (Lipinski definition) is 1. The second-order valence-corrected chi connectivity index (χ2v) is 4.46. The number of para-hydroxylation sites is 1. The van der Waals surface area contributed by atoms with E-state index in [9.17, 15) is 4.39 Å². The average Bonchev–Trinajstić information content (AvgIpc) is 2.87. The van der Waals surface area contributed by atoms with Crippen molar-refractivity contribution in [2.24, 2.45) is 5.73 Å². The van der Waals surface area contributed by atoms with Crippen molar-refractivity contribution < 1.29 is 9.13 Å². The lowest BCUT2D eigenvalue weighted by atomic mass is 9.96. The van der Waals surface area contributed by atoms with E-state index in [0.717, 1.165) is 23.3 Å². The Morgan fingerprint density at radius 3 is 2.67 bits per heavy atom. The Kier molecular flexibility index (Phi) is 2.76. The van der Waals surface area contributed by atoms with E-state index in [0.29, 0.717) is 6.61 Å². The molecule has 0 fully saturated rings. The van der Waals surface area contributed by atoms with Crippen LogP contribution in [-0.4, -0.2) is 6.61 Å². The van der Waals surface area contributed by atoms with Crippen LogP contribution in [0.2, 0.25) is 0 Å². The minimum absolute atomic E-state index is 0.250. The molecule has 1 aliphatic rings. The van der Waals surface area contributed by atoms with Gasteiger partial charge in [0.25, 0.3) is 0 Å². The van der Waals surface area contributed by atoms with E-state index < -0.39 is 0 Å². The minimum atomic E-state index is -0.279. The fourth-order valence-electron chi connectivity index (χ4n) is 2.34. The van der Waals surface area contributed by atoms with Crippen LogP contribution in [-0.2, 0) is 6.42 Å². The predicted molar refractivity (Wildman–Crippen MR) is 68.1 cm³/mol. The molecule has 0 amide bonds. The second kappa shape index (κ2) is 4.42. The maximum Gasteiger partial charge on any atom is 0.127 e. The Morgan fingerprint density at radius 1 is 1.11 bits per heavy atom. The highest BCUT2D eigenvalue weighted by molar-refractivity contribution is 5.48. The third-order valence-corrected chi connectivity index (χ3v) is 3.31. The zero-order valence-corrected chi connectivity index (χ0v) is 9.90. The molecular formula is C15H14FNO. The van der Waals surface area contributed by atoms with Gasteiger partial charge in [0.15, 0.2) is 0 Å². The lowest BCUT2D eigenvalue weighted by molar-refractivity contribution is 0.352. The Hall–Kier alpha value is -1.87. The molecule has 1 heterocycles. The number of benzene rings is 2. The van der Waals surface area contributed by atoms with Crippen LogP contribution in [0.3, 0.4) is 0 Å². The van der Waals surface area contributed by atoms with E-state index in [-0.39, 0.29) is 11.9 Å². The quantitative estimate of drug-likeness (QED) is 0.880. The number of rotatable bonds is 2. The molecule has 2 aromatic carbocycles. The van der Waals surface area contributed by atoms with Gasteiger partial charge < -0.3 is 10.5 Å². The van der Waals surface area contributed by atoms with Crippen molar-refractivity contribution >= 4 is 0 Å². The van der Waals surface area contributed by atoms with Crippen LogP contribution in [0.4, 0.5) is 4.39 Å². The number of ether oxygens (including phenoxy) is 1. The first-order chi connectivity index (χ1) is 8.75. The van der Waals surface area contributed by atoms with Gasteiger partial charge in [-0.2, -0.15) is 0 Å². The molecule has 3 rings (SSSR count). The summed E-state index contributed by atoms with van der Waals surface area (Å²) < 4.78 is 18.5. The minimum Gasteiger partial charge on any atom is -0.493 e. The number of fused-ring (bicyclic) bond motifs is 1. The molecule has 0 saturated heterocycles. The van der Waals surface area contributed by atoms with Gasteiger partial charge in [-0.15, -0.1) is 0 Å². The summed E-state index contributed by atoms with van der Waals surface area (Å²) in [5.74, 6) is 0.648. The monoisotopic (exact) mass is 243 g/mol. The lowest BCUT2D eigenvalue weighted by Crippen LogP contribution is -2.12. The summed E-state index contributed by atoms with van der Waals surface area (Å²) in [5.41, 5.74) is 9.29. The molecule has 0 aliphatic carbocycles. The van der Waals surface area contributed by atoms with Gasteiger partial charge in [0, 0.05) is 12.0 Å². The SMILES string of the molecule is NC(c1ccc(F)cc1)c1cccc2c1OCC2. The fraction of sp³-hybridized carbons (Fsp3) is 0.200. The zero-order valence-electron chi connectivity index (χ0n) is 9.90. The van der Waals surface area contributed by atoms with Crippen molar-refractivity contribution in [1.82, 2.24) is 0 Å². The standard InChI is InChI=1S/C15H14FNO/c16-12-6-4-10(5-7-12)14(17)13-3-1-2-11-8-9-18-15(11)13/h1-7,14H,8-9,17H2. The average molecular weight is 243 g/mol. The molecule has 18 heavy (non-hydrogen) atoms. The maximum atomic E-state index is 12.9. The first kappa shape index (κ1) is 11.2. The van der Waals surface area contributed by atoms with Gasteiger partial charge in [0.1, 0.15) is 11.6 Å². The number of halogens is 1. The highest BCUT2D eigenvalue weighted by Crippen LogP contribution is 2.34. The van der Waals surface area contributed by atoms with Crippen LogP contribution in [0, 0.1) is 5.82 Å². The highest BCUT2D eigenvalue weighted by atomic mass is 19.1. The van der Waals surface area contributed by atoms with Crippen LogP contribution in [0.5, 0.6) is 5.75 Å². The predicted octanol–water partition coefficient (Wildman–Crippen LogP) is 2.81. The molecule has 0 bridgehead atoms. The molecule has 1 aliphatic heterocycles. The van der Waals surface area contributed by atoms with Gasteiger partial charge in [-0.1, -0.05) is 30.3 Å². The first-order valence-electron chi connectivity index (χ1n) is 6.01.